The van der Waals surface area contributed by atoms with E-state index in [9.17, 15) is 4.79 Å². The lowest BCUT2D eigenvalue weighted by molar-refractivity contribution is -0.0700. The Morgan fingerprint density at radius 1 is 1.36 bits per heavy atom. The number of rotatable bonds is 3. The molecule has 1 saturated carbocycles. The minimum Gasteiger partial charge on any atom is -0.438 e. The molecule has 22 heavy (non-hydrogen) atoms. The largest absolute Gasteiger partial charge is 0.438 e. The summed E-state index contributed by atoms with van der Waals surface area (Å²) in [6.07, 6.45) is 3.75. The molecule has 1 aliphatic carbocycles. The van der Waals surface area contributed by atoms with Gasteiger partial charge in [0, 0.05) is 19.5 Å². The highest BCUT2D eigenvalue weighted by Crippen LogP contribution is 2.46. The molecule has 5 heteroatoms. The SMILES string of the molecule is CCN(C)C(=O)OC1(c2ccc(Cl)c(Cl)c2)CCCCC1C. The first-order valence-electron chi connectivity index (χ1n) is 7.80. The number of benzene rings is 1. The molecule has 2 atom stereocenters. The molecule has 1 amide bonds. The molecule has 0 aromatic heterocycles. The summed E-state index contributed by atoms with van der Waals surface area (Å²) in [6, 6.07) is 5.54. The zero-order chi connectivity index (χ0) is 16.3. The Morgan fingerprint density at radius 3 is 2.68 bits per heavy atom. The summed E-state index contributed by atoms with van der Waals surface area (Å²) in [5.41, 5.74) is 0.319. The molecule has 1 aliphatic rings. The van der Waals surface area contributed by atoms with E-state index in [2.05, 4.69) is 6.92 Å². The molecule has 0 bridgehead atoms. The Morgan fingerprint density at radius 2 is 2.09 bits per heavy atom. The van der Waals surface area contributed by atoms with Crippen molar-refractivity contribution in [1.29, 1.82) is 0 Å². The van der Waals surface area contributed by atoms with E-state index in [1.165, 1.54) is 0 Å². The van der Waals surface area contributed by atoms with Gasteiger partial charge in [-0.15, -0.1) is 0 Å². The van der Waals surface area contributed by atoms with Gasteiger partial charge in [-0.3, -0.25) is 0 Å². The monoisotopic (exact) mass is 343 g/mol. The third kappa shape index (κ3) is 3.36. The number of halogens is 2. The summed E-state index contributed by atoms with van der Waals surface area (Å²) in [5.74, 6) is 0.243. The zero-order valence-corrected chi connectivity index (χ0v) is 14.9. The van der Waals surface area contributed by atoms with Crippen LogP contribution < -0.4 is 0 Å². The summed E-state index contributed by atoms with van der Waals surface area (Å²) in [7, 11) is 1.75. The summed E-state index contributed by atoms with van der Waals surface area (Å²) in [4.78, 5) is 13.9. The highest BCUT2D eigenvalue weighted by Gasteiger charge is 2.44. The van der Waals surface area contributed by atoms with E-state index in [1.807, 2.05) is 19.1 Å². The summed E-state index contributed by atoms with van der Waals surface area (Å²) < 4.78 is 6.01. The van der Waals surface area contributed by atoms with Crippen molar-refractivity contribution in [2.45, 2.75) is 45.1 Å². The van der Waals surface area contributed by atoms with Crippen LogP contribution in [0.4, 0.5) is 4.79 Å². The van der Waals surface area contributed by atoms with Gasteiger partial charge < -0.3 is 9.64 Å². The second-order valence-electron chi connectivity index (χ2n) is 6.05. The van der Waals surface area contributed by atoms with Gasteiger partial charge in [0.05, 0.1) is 10.0 Å². The van der Waals surface area contributed by atoms with Gasteiger partial charge in [0.15, 0.2) is 0 Å². The molecule has 0 saturated heterocycles. The van der Waals surface area contributed by atoms with Crippen LogP contribution >= 0.6 is 23.2 Å². The highest BCUT2D eigenvalue weighted by atomic mass is 35.5. The standard InChI is InChI=1S/C17H23Cl2NO2/c1-4-20(3)16(21)22-17(10-6-5-7-12(17)2)13-8-9-14(18)15(19)11-13/h8-9,11-12H,4-7,10H2,1-3H3. The first-order valence-corrected chi connectivity index (χ1v) is 8.56. The average molecular weight is 344 g/mol. The van der Waals surface area contributed by atoms with Crippen LogP contribution in [0.25, 0.3) is 0 Å². The third-order valence-electron chi connectivity index (χ3n) is 4.70. The van der Waals surface area contributed by atoms with Crippen molar-refractivity contribution in [2.24, 2.45) is 5.92 Å². The van der Waals surface area contributed by atoms with Crippen LogP contribution in [-0.2, 0) is 10.3 Å². The lowest BCUT2D eigenvalue weighted by Gasteiger charge is -2.43. The van der Waals surface area contributed by atoms with Crippen molar-refractivity contribution in [3.8, 4) is 0 Å². The highest BCUT2D eigenvalue weighted by molar-refractivity contribution is 6.42. The summed E-state index contributed by atoms with van der Waals surface area (Å²) in [6.45, 7) is 4.68. The molecule has 1 aromatic rings. The Balaban J connectivity index is 2.41. The Hall–Kier alpha value is -0.930. The number of carbonyl (C=O) groups excluding carboxylic acids is 1. The maximum absolute atomic E-state index is 12.4. The van der Waals surface area contributed by atoms with Gasteiger partial charge in [-0.1, -0.05) is 42.6 Å². The van der Waals surface area contributed by atoms with E-state index >= 15 is 0 Å². The quantitative estimate of drug-likeness (QED) is 0.726. The molecule has 0 N–H and O–H groups in total. The second-order valence-corrected chi connectivity index (χ2v) is 6.86. The molecule has 0 radical (unpaired) electrons. The Bertz CT molecular complexity index is 549. The van der Waals surface area contributed by atoms with Crippen LogP contribution in [0.3, 0.4) is 0 Å². The van der Waals surface area contributed by atoms with E-state index in [4.69, 9.17) is 27.9 Å². The number of amides is 1. The fraction of sp³-hybridized carbons (Fsp3) is 0.588. The van der Waals surface area contributed by atoms with Gasteiger partial charge in [-0.25, -0.2) is 4.79 Å². The maximum atomic E-state index is 12.4. The average Bonchev–Trinajstić information content (AvgIpc) is 2.51. The van der Waals surface area contributed by atoms with Crippen molar-refractivity contribution in [1.82, 2.24) is 4.90 Å². The van der Waals surface area contributed by atoms with Gasteiger partial charge in [-0.05, 0) is 43.9 Å². The lowest BCUT2D eigenvalue weighted by atomic mass is 9.72. The van der Waals surface area contributed by atoms with E-state index in [1.54, 1.807) is 18.0 Å². The summed E-state index contributed by atoms with van der Waals surface area (Å²) >= 11 is 12.2. The smallest absolute Gasteiger partial charge is 0.410 e. The van der Waals surface area contributed by atoms with Crippen molar-refractivity contribution in [2.75, 3.05) is 13.6 Å². The predicted molar refractivity (Wildman–Crippen MR) is 90.6 cm³/mol. The normalized spacial score (nSPS) is 24.9. The molecule has 1 aromatic carbocycles. The molecule has 3 nitrogen and oxygen atoms in total. The molecule has 122 valence electrons. The van der Waals surface area contributed by atoms with E-state index in [-0.39, 0.29) is 12.0 Å². The van der Waals surface area contributed by atoms with Gasteiger partial charge in [0.2, 0.25) is 0 Å². The minimum atomic E-state index is -0.618. The van der Waals surface area contributed by atoms with Crippen molar-refractivity contribution in [3.63, 3.8) is 0 Å². The third-order valence-corrected chi connectivity index (χ3v) is 5.43. The fourth-order valence-corrected chi connectivity index (χ4v) is 3.38. The number of hydrogen-bond acceptors (Lipinski definition) is 2. The molecular formula is C17H23Cl2NO2. The van der Waals surface area contributed by atoms with Gasteiger partial charge >= 0.3 is 6.09 Å². The zero-order valence-electron chi connectivity index (χ0n) is 13.4. The number of hydrogen-bond donors (Lipinski definition) is 0. The van der Waals surface area contributed by atoms with Crippen molar-refractivity contribution < 1.29 is 9.53 Å². The van der Waals surface area contributed by atoms with Gasteiger partial charge in [0.25, 0.3) is 0 Å². The Labute approximate surface area is 142 Å². The molecule has 2 rings (SSSR count). The predicted octanol–water partition coefficient (Wildman–Crippen LogP) is 5.49. The molecule has 0 spiro atoms. The van der Waals surface area contributed by atoms with Crippen molar-refractivity contribution >= 4 is 29.3 Å². The van der Waals surface area contributed by atoms with E-state index in [0.717, 1.165) is 31.2 Å². The number of nitrogens with zero attached hydrogens (tertiary/aromatic N) is 1. The molecular weight excluding hydrogens is 321 g/mol. The number of carbonyl (C=O) groups is 1. The molecule has 2 unspecified atom stereocenters. The van der Waals surface area contributed by atoms with Crippen LogP contribution in [0.15, 0.2) is 18.2 Å². The van der Waals surface area contributed by atoms with E-state index in [0.29, 0.717) is 16.6 Å². The van der Waals surface area contributed by atoms with Crippen molar-refractivity contribution in [3.05, 3.63) is 33.8 Å². The van der Waals surface area contributed by atoms with Gasteiger partial charge in [0.1, 0.15) is 5.60 Å². The molecule has 0 heterocycles. The maximum Gasteiger partial charge on any atom is 0.410 e. The second kappa shape index (κ2) is 7.10. The molecule has 1 fully saturated rings. The van der Waals surface area contributed by atoms with Crippen LogP contribution in [-0.4, -0.2) is 24.6 Å². The minimum absolute atomic E-state index is 0.243. The Kier molecular flexibility index (Phi) is 5.62. The summed E-state index contributed by atoms with van der Waals surface area (Å²) in [5, 5.41) is 1.01. The van der Waals surface area contributed by atoms with Crippen LogP contribution in [0.1, 0.15) is 45.1 Å². The molecule has 0 aliphatic heterocycles. The lowest BCUT2D eigenvalue weighted by Crippen LogP contribution is -2.44. The van der Waals surface area contributed by atoms with Crippen LogP contribution in [0.2, 0.25) is 10.0 Å². The first-order chi connectivity index (χ1) is 10.4. The fourth-order valence-electron chi connectivity index (χ4n) is 3.08. The number of ether oxygens (including phenoxy) is 1. The topological polar surface area (TPSA) is 29.5 Å². The first kappa shape index (κ1) is 17.4. The van der Waals surface area contributed by atoms with E-state index < -0.39 is 5.60 Å². The van der Waals surface area contributed by atoms with Crippen LogP contribution in [0.5, 0.6) is 0 Å². The van der Waals surface area contributed by atoms with Gasteiger partial charge in [-0.2, -0.15) is 0 Å². The van der Waals surface area contributed by atoms with Crippen LogP contribution in [0, 0.1) is 5.92 Å².